The highest BCUT2D eigenvalue weighted by molar-refractivity contribution is 5.59. The Labute approximate surface area is 166 Å². The number of nitriles is 1. The van der Waals surface area contributed by atoms with Crippen molar-refractivity contribution in [2.75, 3.05) is 18.5 Å². The monoisotopic (exact) mass is 368 g/mol. The van der Waals surface area contributed by atoms with Gasteiger partial charge in [-0.05, 0) is 42.7 Å². The quantitative estimate of drug-likeness (QED) is 0.612. The molecule has 3 heteroatoms. The number of para-hydroxylation sites is 1. The Morgan fingerprint density at radius 3 is 2.36 bits per heavy atom. The van der Waals surface area contributed by atoms with E-state index in [9.17, 15) is 5.26 Å². The minimum absolute atomic E-state index is 0.387. The largest absolute Gasteiger partial charge is 0.468 e. The van der Waals surface area contributed by atoms with Crippen molar-refractivity contribution in [1.82, 2.24) is 0 Å². The normalized spacial score (nSPS) is 17.9. The molecule has 1 heterocycles. The standard InChI is InChI=1S/C25H24N2O/c1-25(18-26,20-8-4-3-5-9-20)28-21-14-12-19(13-15-21)22-16-17-27(2)24-11-7-6-10-23(22)24/h3-15,22H,16-17H2,1-2H3. The van der Waals surface area contributed by atoms with E-state index in [1.54, 1.807) is 0 Å². The summed E-state index contributed by atoms with van der Waals surface area (Å²) in [6.07, 6.45) is 1.09. The molecule has 0 fully saturated rings. The molecular weight excluding hydrogens is 344 g/mol. The lowest BCUT2D eigenvalue weighted by Crippen LogP contribution is -2.28. The van der Waals surface area contributed by atoms with Crippen molar-refractivity contribution in [3.8, 4) is 11.8 Å². The lowest BCUT2D eigenvalue weighted by molar-refractivity contribution is 0.149. The van der Waals surface area contributed by atoms with Crippen molar-refractivity contribution in [3.63, 3.8) is 0 Å². The maximum atomic E-state index is 9.71. The van der Waals surface area contributed by atoms with Gasteiger partial charge in [-0.15, -0.1) is 0 Å². The van der Waals surface area contributed by atoms with Crippen molar-refractivity contribution >= 4 is 5.69 Å². The molecule has 1 aliphatic heterocycles. The molecule has 0 bridgehead atoms. The van der Waals surface area contributed by atoms with E-state index in [4.69, 9.17) is 4.74 Å². The third-order valence-electron chi connectivity index (χ3n) is 5.62. The van der Waals surface area contributed by atoms with Gasteiger partial charge in [0.2, 0.25) is 5.60 Å². The molecule has 2 unspecified atom stereocenters. The van der Waals surface area contributed by atoms with Gasteiger partial charge in [0.1, 0.15) is 11.8 Å². The Morgan fingerprint density at radius 2 is 1.64 bits per heavy atom. The number of ether oxygens (including phenoxy) is 1. The number of hydrogen-bond acceptors (Lipinski definition) is 3. The maximum absolute atomic E-state index is 9.71. The Bertz CT molecular complexity index is 991. The fourth-order valence-corrected chi connectivity index (χ4v) is 3.98. The van der Waals surface area contributed by atoms with Crippen molar-refractivity contribution in [2.24, 2.45) is 0 Å². The summed E-state index contributed by atoms with van der Waals surface area (Å²) < 4.78 is 6.10. The maximum Gasteiger partial charge on any atom is 0.216 e. The SMILES string of the molecule is CN1CCC(c2ccc(OC(C)(C#N)c3ccccc3)cc2)c2ccccc21. The Balaban J connectivity index is 1.59. The van der Waals surface area contributed by atoms with Crippen LogP contribution in [-0.2, 0) is 5.60 Å². The molecule has 2 atom stereocenters. The Morgan fingerprint density at radius 1 is 0.964 bits per heavy atom. The number of anilines is 1. The molecule has 0 amide bonds. The van der Waals surface area contributed by atoms with Crippen LogP contribution in [0.5, 0.6) is 5.75 Å². The molecular formula is C25H24N2O. The number of benzene rings is 3. The third-order valence-corrected chi connectivity index (χ3v) is 5.62. The zero-order chi connectivity index (χ0) is 19.6. The summed E-state index contributed by atoms with van der Waals surface area (Å²) in [5.41, 5.74) is 3.80. The van der Waals surface area contributed by atoms with E-state index in [0.717, 1.165) is 18.5 Å². The molecule has 3 aromatic rings. The van der Waals surface area contributed by atoms with E-state index in [2.05, 4.69) is 54.4 Å². The predicted octanol–water partition coefficient (Wildman–Crippen LogP) is 5.48. The smallest absolute Gasteiger partial charge is 0.216 e. The molecule has 0 spiro atoms. The molecule has 3 nitrogen and oxygen atoms in total. The Hall–Kier alpha value is -3.25. The summed E-state index contributed by atoms with van der Waals surface area (Å²) in [7, 11) is 2.15. The first kappa shape index (κ1) is 18.1. The molecule has 0 N–H and O–H groups in total. The van der Waals surface area contributed by atoms with Crippen LogP contribution in [0.25, 0.3) is 0 Å². The summed E-state index contributed by atoms with van der Waals surface area (Å²) in [5, 5.41) is 9.71. The van der Waals surface area contributed by atoms with E-state index in [-0.39, 0.29) is 0 Å². The lowest BCUT2D eigenvalue weighted by Gasteiger charge is -2.33. The van der Waals surface area contributed by atoms with Crippen molar-refractivity contribution in [3.05, 3.63) is 95.6 Å². The van der Waals surface area contributed by atoms with Gasteiger partial charge < -0.3 is 9.64 Å². The van der Waals surface area contributed by atoms with Gasteiger partial charge in [0.25, 0.3) is 0 Å². The van der Waals surface area contributed by atoms with Gasteiger partial charge in [-0.25, -0.2) is 0 Å². The van der Waals surface area contributed by atoms with Gasteiger partial charge in [-0.2, -0.15) is 5.26 Å². The zero-order valence-electron chi connectivity index (χ0n) is 16.3. The minimum Gasteiger partial charge on any atom is -0.468 e. The Kier molecular flexibility index (Phi) is 4.79. The van der Waals surface area contributed by atoms with E-state index >= 15 is 0 Å². The fraction of sp³-hybridized carbons (Fsp3) is 0.240. The van der Waals surface area contributed by atoms with Crippen molar-refractivity contribution in [2.45, 2.75) is 24.9 Å². The summed E-state index contributed by atoms with van der Waals surface area (Å²) in [5.74, 6) is 1.09. The average Bonchev–Trinajstić information content (AvgIpc) is 2.75. The average molecular weight is 368 g/mol. The molecule has 0 radical (unpaired) electrons. The second-order valence-electron chi connectivity index (χ2n) is 7.50. The van der Waals surface area contributed by atoms with Crippen LogP contribution in [0.15, 0.2) is 78.9 Å². The first-order chi connectivity index (χ1) is 13.6. The first-order valence-corrected chi connectivity index (χ1v) is 9.66. The summed E-state index contributed by atoms with van der Waals surface area (Å²) in [6.45, 7) is 2.85. The van der Waals surface area contributed by atoms with E-state index in [1.165, 1.54) is 16.8 Å². The van der Waals surface area contributed by atoms with E-state index in [1.807, 2.05) is 49.4 Å². The zero-order valence-corrected chi connectivity index (χ0v) is 16.3. The molecule has 4 rings (SSSR count). The van der Waals surface area contributed by atoms with Crippen LogP contribution >= 0.6 is 0 Å². The number of fused-ring (bicyclic) bond motifs is 1. The molecule has 28 heavy (non-hydrogen) atoms. The first-order valence-electron chi connectivity index (χ1n) is 9.66. The van der Waals surface area contributed by atoms with Crippen LogP contribution in [0.1, 0.15) is 36.0 Å². The molecule has 0 aromatic heterocycles. The second-order valence-corrected chi connectivity index (χ2v) is 7.50. The fourth-order valence-electron chi connectivity index (χ4n) is 3.98. The number of hydrogen-bond donors (Lipinski definition) is 0. The summed E-state index contributed by atoms with van der Waals surface area (Å²) in [6, 6.07) is 28.8. The van der Waals surface area contributed by atoms with Gasteiger partial charge in [0.05, 0.1) is 0 Å². The van der Waals surface area contributed by atoms with E-state index < -0.39 is 5.60 Å². The van der Waals surface area contributed by atoms with Gasteiger partial charge in [-0.3, -0.25) is 0 Å². The van der Waals surface area contributed by atoms with Crippen LogP contribution in [0.4, 0.5) is 5.69 Å². The van der Waals surface area contributed by atoms with Gasteiger partial charge >= 0.3 is 0 Å². The molecule has 0 saturated carbocycles. The van der Waals surface area contributed by atoms with Crippen LogP contribution < -0.4 is 9.64 Å². The second kappa shape index (κ2) is 7.40. The van der Waals surface area contributed by atoms with Crippen molar-refractivity contribution < 1.29 is 4.74 Å². The molecule has 3 aromatic carbocycles. The summed E-state index contributed by atoms with van der Waals surface area (Å²) >= 11 is 0. The highest BCUT2D eigenvalue weighted by atomic mass is 16.5. The minimum atomic E-state index is -1.01. The molecule has 140 valence electrons. The van der Waals surface area contributed by atoms with Gasteiger partial charge in [0.15, 0.2) is 0 Å². The van der Waals surface area contributed by atoms with Crippen LogP contribution in [0, 0.1) is 11.3 Å². The van der Waals surface area contributed by atoms with Gasteiger partial charge in [-0.1, -0.05) is 60.7 Å². The van der Waals surface area contributed by atoms with Gasteiger partial charge in [0, 0.05) is 30.8 Å². The molecule has 1 aliphatic rings. The molecule has 0 saturated heterocycles. The van der Waals surface area contributed by atoms with E-state index in [0.29, 0.717) is 11.7 Å². The summed E-state index contributed by atoms with van der Waals surface area (Å²) in [4.78, 5) is 2.32. The third kappa shape index (κ3) is 3.34. The van der Waals surface area contributed by atoms with Crippen LogP contribution in [0.3, 0.4) is 0 Å². The lowest BCUT2D eigenvalue weighted by atomic mass is 9.84. The predicted molar refractivity (Wildman–Crippen MR) is 113 cm³/mol. The highest BCUT2D eigenvalue weighted by Gasteiger charge is 2.29. The molecule has 0 aliphatic carbocycles. The highest BCUT2D eigenvalue weighted by Crippen LogP contribution is 2.39. The van der Waals surface area contributed by atoms with Crippen molar-refractivity contribution in [1.29, 1.82) is 5.26 Å². The van der Waals surface area contributed by atoms with Crippen LogP contribution in [-0.4, -0.2) is 13.6 Å². The topological polar surface area (TPSA) is 36.3 Å². The number of nitrogens with zero attached hydrogens (tertiary/aromatic N) is 2. The van der Waals surface area contributed by atoms with Crippen LogP contribution in [0.2, 0.25) is 0 Å². The number of rotatable bonds is 4.